The van der Waals surface area contributed by atoms with Gasteiger partial charge in [-0.05, 0) is 43.5 Å². The summed E-state index contributed by atoms with van der Waals surface area (Å²) in [5.74, 6) is 0.499. The van der Waals surface area contributed by atoms with E-state index in [4.69, 9.17) is 16.3 Å². The maximum Gasteiger partial charge on any atom is 0.317 e. The fourth-order valence-corrected chi connectivity index (χ4v) is 2.86. The summed E-state index contributed by atoms with van der Waals surface area (Å²) in [7, 11) is 0. The Morgan fingerprint density at radius 3 is 2.80 bits per heavy atom. The molecule has 6 nitrogen and oxygen atoms in total. The van der Waals surface area contributed by atoms with E-state index in [9.17, 15) is 4.79 Å². The predicted octanol–water partition coefficient (Wildman–Crippen LogP) is 3.19. The minimum Gasteiger partial charge on any atom is -0.471 e. The summed E-state index contributed by atoms with van der Waals surface area (Å²) in [6.07, 6.45) is 1.74. The van der Waals surface area contributed by atoms with Gasteiger partial charge in [-0.25, -0.2) is 4.79 Å². The molecule has 1 aromatic carbocycles. The van der Waals surface area contributed by atoms with Crippen molar-refractivity contribution in [1.82, 2.24) is 20.4 Å². The van der Waals surface area contributed by atoms with Crippen LogP contribution in [0.15, 0.2) is 36.4 Å². The molecule has 2 heterocycles. The molecular weight excluding hydrogens is 340 g/mol. The van der Waals surface area contributed by atoms with Gasteiger partial charge in [0.1, 0.15) is 6.10 Å². The minimum atomic E-state index is -0.0850. The average Bonchev–Trinajstić information content (AvgIpc) is 2.63. The van der Waals surface area contributed by atoms with Gasteiger partial charge in [0.25, 0.3) is 0 Å². The van der Waals surface area contributed by atoms with Crippen molar-refractivity contribution in [2.24, 2.45) is 0 Å². The molecule has 1 aromatic heterocycles. The monoisotopic (exact) mass is 360 g/mol. The van der Waals surface area contributed by atoms with Crippen molar-refractivity contribution in [2.75, 3.05) is 13.1 Å². The van der Waals surface area contributed by atoms with E-state index >= 15 is 0 Å². The first-order valence-electron chi connectivity index (χ1n) is 8.34. The fraction of sp³-hybridized carbons (Fsp3) is 0.389. The number of nitrogens with one attached hydrogen (secondary N) is 1. The number of amides is 2. The molecule has 1 atom stereocenters. The van der Waals surface area contributed by atoms with Crippen molar-refractivity contribution in [3.63, 3.8) is 0 Å². The highest BCUT2D eigenvalue weighted by Gasteiger charge is 2.25. The molecule has 3 rings (SSSR count). The van der Waals surface area contributed by atoms with Crippen LogP contribution in [0.5, 0.6) is 5.88 Å². The zero-order valence-corrected chi connectivity index (χ0v) is 14.9. The Hall–Kier alpha value is -2.34. The summed E-state index contributed by atoms with van der Waals surface area (Å²) in [4.78, 5) is 14.2. The summed E-state index contributed by atoms with van der Waals surface area (Å²) < 4.78 is 5.86. The van der Waals surface area contributed by atoms with Crippen LogP contribution in [0.25, 0.3) is 0 Å². The maximum absolute atomic E-state index is 12.4. The molecule has 0 spiro atoms. The van der Waals surface area contributed by atoms with Crippen LogP contribution in [0.3, 0.4) is 0 Å². The third-order valence-corrected chi connectivity index (χ3v) is 4.34. The van der Waals surface area contributed by atoms with Crippen LogP contribution in [0.4, 0.5) is 4.79 Å². The Balaban J connectivity index is 1.50. The van der Waals surface area contributed by atoms with E-state index in [0.29, 0.717) is 24.0 Å². The summed E-state index contributed by atoms with van der Waals surface area (Å²) >= 11 is 5.87. The molecule has 1 aliphatic heterocycles. The van der Waals surface area contributed by atoms with Crippen molar-refractivity contribution >= 4 is 17.6 Å². The highest BCUT2D eigenvalue weighted by molar-refractivity contribution is 6.30. The van der Waals surface area contributed by atoms with Crippen molar-refractivity contribution in [3.05, 3.63) is 52.7 Å². The van der Waals surface area contributed by atoms with Gasteiger partial charge in [-0.1, -0.05) is 23.7 Å². The summed E-state index contributed by atoms with van der Waals surface area (Å²) in [6, 6.07) is 11.0. The molecule has 0 aliphatic carbocycles. The van der Waals surface area contributed by atoms with E-state index in [0.717, 1.165) is 30.6 Å². The first-order chi connectivity index (χ1) is 12.1. The molecule has 25 heavy (non-hydrogen) atoms. The third kappa shape index (κ3) is 5.06. The molecule has 1 unspecified atom stereocenters. The highest BCUT2D eigenvalue weighted by Crippen LogP contribution is 2.16. The number of benzene rings is 1. The van der Waals surface area contributed by atoms with Crippen molar-refractivity contribution in [3.8, 4) is 5.88 Å². The van der Waals surface area contributed by atoms with Gasteiger partial charge in [0, 0.05) is 24.2 Å². The zero-order chi connectivity index (χ0) is 17.6. The first kappa shape index (κ1) is 17.5. The molecule has 1 saturated heterocycles. The molecule has 0 radical (unpaired) electrons. The quantitative estimate of drug-likeness (QED) is 0.909. The Morgan fingerprint density at radius 2 is 2.08 bits per heavy atom. The van der Waals surface area contributed by atoms with E-state index < -0.39 is 0 Å². The second-order valence-electron chi connectivity index (χ2n) is 6.13. The van der Waals surface area contributed by atoms with Gasteiger partial charge in [-0.15, -0.1) is 5.10 Å². The second-order valence-corrected chi connectivity index (χ2v) is 6.56. The summed E-state index contributed by atoms with van der Waals surface area (Å²) in [6.45, 7) is 3.62. The van der Waals surface area contributed by atoms with E-state index in [2.05, 4.69) is 15.5 Å². The largest absolute Gasteiger partial charge is 0.471 e. The van der Waals surface area contributed by atoms with Crippen LogP contribution in [-0.4, -0.2) is 40.3 Å². The number of halogens is 1. The van der Waals surface area contributed by atoms with Gasteiger partial charge in [0.05, 0.1) is 12.2 Å². The second kappa shape index (κ2) is 8.16. The van der Waals surface area contributed by atoms with E-state index in [1.54, 1.807) is 4.90 Å². The van der Waals surface area contributed by atoms with Crippen LogP contribution in [0.2, 0.25) is 5.02 Å². The van der Waals surface area contributed by atoms with Gasteiger partial charge >= 0.3 is 6.03 Å². The number of hydrogen-bond donors (Lipinski definition) is 1. The Bertz CT molecular complexity index is 706. The van der Waals surface area contributed by atoms with Crippen LogP contribution in [0.1, 0.15) is 24.1 Å². The van der Waals surface area contributed by atoms with Crippen LogP contribution in [0, 0.1) is 6.92 Å². The third-order valence-electron chi connectivity index (χ3n) is 4.08. The molecular formula is C18H21ClN4O2. The number of aromatic nitrogens is 2. The lowest BCUT2D eigenvalue weighted by molar-refractivity contribution is 0.0968. The van der Waals surface area contributed by atoms with Gasteiger partial charge in [-0.2, -0.15) is 5.10 Å². The van der Waals surface area contributed by atoms with Gasteiger partial charge in [0.2, 0.25) is 5.88 Å². The van der Waals surface area contributed by atoms with Gasteiger partial charge < -0.3 is 15.0 Å². The first-order valence-corrected chi connectivity index (χ1v) is 8.72. The number of carbonyl (C=O) groups is 1. The topological polar surface area (TPSA) is 67.3 Å². The van der Waals surface area contributed by atoms with Crippen LogP contribution < -0.4 is 10.1 Å². The summed E-state index contributed by atoms with van der Waals surface area (Å²) in [5.41, 5.74) is 1.86. The number of aryl methyl sites for hydroxylation is 1. The number of likely N-dealkylation sites (tertiary alicyclic amines) is 1. The number of nitrogens with zero attached hydrogens (tertiary/aromatic N) is 3. The molecule has 132 valence electrons. The van der Waals surface area contributed by atoms with Crippen molar-refractivity contribution < 1.29 is 9.53 Å². The molecule has 0 saturated carbocycles. The number of hydrogen-bond acceptors (Lipinski definition) is 4. The molecule has 7 heteroatoms. The zero-order valence-electron chi connectivity index (χ0n) is 14.1. The Labute approximate surface area is 152 Å². The smallest absolute Gasteiger partial charge is 0.317 e. The number of ether oxygens (including phenoxy) is 1. The molecule has 2 aromatic rings. The Morgan fingerprint density at radius 1 is 1.28 bits per heavy atom. The number of carbonyl (C=O) groups excluding carboxylic acids is 1. The van der Waals surface area contributed by atoms with Crippen LogP contribution >= 0.6 is 11.6 Å². The Kier molecular flexibility index (Phi) is 5.71. The predicted molar refractivity (Wildman–Crippen MR) is 95.7 cm³/mol. The van der Waals surface area contributed by atoms with Crippen molar-refractivity contribution in [1.29, 1.82) is 0 Å². The number of piperidine rings is 1. The molecule has 1 N–H and O–H groups in total. The lowest BCUT2D eigenvalue weighted by Crippen LogP contribution is -2.48. The van der Waals surface area contributed by atoms with Gasteiger partial charge in [0.15, 0.2) is 0 Å². The molecule has 1 fully saturated rings. The minimum absolute atomic E-state index is 0.0629. The number of rotatable bonds is 4. The van der Waals surface area contributed by atoms with Crippen molar-refractivity contribution in [2.45, 2.75) is 32.4 Å². The van der Waals surface area contributed by atoms with E-state index in [1.807, 2.05) is 43.3 Å². The SMILES string of the molecule is Cc1ccc(OC2CCCN(C(=O)NCc3ccc(Cl)cc3)C2)nn1. The standard InChI is InChI=1S/C18H21ClN4O2/c1-13-4-9-17(22-21-13)25-16-3-2-10-23(12-16)18(24)20-11-14-5-7-15(19)8-6-14/h4-9,16H,2-3,10-12H2,1H3,(H,20,24). The fourth-order valence-electron chi connectivity index (χ4n) is 2.73. The van der Waals surface area contributed by atoms with E-state index in [1.165, 1.54) is 0 Å². The lowest BCUT2D eigenvalue weighted by Gasteiger charge is -2.32. The maximum atomic E-state index is 12.4. The number of urea groups is 1. The summed E-state index contributed by atoms with van der Waals surface area (Å²) in [5, 5.41) is 11.6. The molecule has 1 aliphatic rings. The van der Waals surface area contributed by atoms with Crippen LogP contribution in [-0.2, 0) is 6.54 Å². The van der Waals surface area contributed by atoms with E-state index in [-0.39, 0.29) is 12.1 Å². The highest BCUT2D eigenvalue weighted by atomic mass is 35.5. The van der Waals surface area contributed by atoms with Gasteiger partial charge in [-0.3, -0.25) is 0 Å². The molecule has 0 bridgehead atoms. The normalized spacial score (nSPS) is 17.2. The average molecular weight is 361 g/mol. The molecule has 2 amide bonds. The lowest BCUT2D eigenvalue weighted by atomic mass is 10.1.